The molecule has 0 bridgehead atoms. The maximum Gasteiger partial charge on any atom is 0.500 e. The molecular weight excluding hydrogens is 296 g/mol. The van der Waals surface area contributed by atoms with Crippen molar-refractivity contribution >= 4 is 22.1 Å². The summed E-state index contributed by atoms with van der Waals surface area (Å²) in [6.07, 6.45) is 0. The average molecular weight is 327 g/mol. The monoisotopic (exact) mass is 326 g/mol. The number of rotatable bonds is 10. The SMILES string of the molecule is CCO[Si](CC[Si](C)(C)c1ccccc1)(OCC)OCC. The minimum absolute atomic E-state index is 0.652. The van der Waals surface area contributed by atoms with Crippen molar-refractivity contribution in [2.75, 3.05) is 19.8 Å². The molecule has 0 aliphatic carbocycles. The summed E-state index contributed by atoms with van der Waals surface area (Å²) >= 11 is 0. The maximum atomic E-state index is 5.96. The summed E-state index contributed by atoms with van der Waals surface area (Å²) in [4.78, 5) is 0. The second kappa shape index (κ2) is 8.85. The summed E-state index contributed by atoms with van der Waals surface area (Å²) in [6, 6.07) is 12.9. The van der Waals surface area contributed by atoms with E-state index in [1.165, 1.54) is 5.19 Å². The number of benzene rings is 1. The molecule has 1 rings (SSSR count). The number of hydrogen-bond donors (Lipinski definition) is 0. The van der Waals surface area contributed by atoms with Gasteiger partial charge in [0.25, 0.3) is 0 Å². The highest BCUT2D eigenvalue weighted by atomic mass is 28.4. The predicted molar refractivity (Wildman–Crippen MR) is 93.8 cm³/mol. The lowest BCUT2D eigenvalue weighted by atomic mass is 10.4. The zero-order valence-electron chi connectivity index (χ0n) is 14.1. The maximum absolute atomic E-state index is 5.96. The van der Waals surface area contributed by atoms with Gasteiger partial charge in [0.05, 0.1) is 8.07 Å². The van der Waals surface area contributed by atoms with Crippen molar-refractivity contribution < 1.29 is 13.3 Å². The molecule has 0 saturated carbocycles. The third-order valence-corrected chi connectivity index (χ3v) is 10.6. The Balaban J connectivity index is 2.79. The van der Waals surface area contributed by atoms with Gasteiger partial charge in [-0.2, -0.15) is 0 Å². The molecule has 5 heteroatoms. The molecule has 0 aliphatic heterocycles. The number of hydrogen-bond acceptors (Lipinski definition) is 3. The normalized spacial score (nSPS) is 12.6. The fourth-order valence-corrected chi connectivity index (χ4v) is 9.61. The predicted octanol–water partition coefficient (Wildman–Crippen LogP) is 3.65. The molecule has 0 aliphatic rings. The van der Waals surface area contributed by atoms with Crippen molar-refractivity contribution in [2.24, 2.45) is 0 Å². The minimum atomic E-state index is -2.50. The van der Waals surface area contributed by atoms with Gasteiger partial charge in [-0.3, -0.25) is 0 Å². The smallest absolute Gasteiger partial charge is 0.374 e. The fourth-order valence-electron chi connectivity index (χ4n) is 2.50. The summed E-state index contributed by atoms with van der Waals surface area (Å²) in [7, 11) is -3.99. The average Bonchev–Trinajstić information content (AvgIpc) is 2.47. The Morgan fingerprint density at radius 2 is 1.24 bits per heavy atom. The van der Waals surface area contributed by atoms with Gasteiger partial charge in [0.2, 0.25) is 0 Å². The first kappa shape index (κ1) is 18.6. The summed E-state index contributed by atoms with van der Waals surface area (Å²) in [6.45, 7) is 12.8. The van der Waals surface area contributed by atoms with E-state index >= 15 is 0 Å². The molecule has 0 radical (unpaired) electrons. The molecule has 0 fully saturated rings. The van der Waals surface area contributed by atoms with Crippen molar-refractivity contribution in [2.45, 2.75) is 46.0 Å². The minimum Gasteiger partial charge on any atom is -0.374 e. The molecule has 1 aromatic carbocycles. The molecule has 120 valence electrons. The van der Waals surface area contributed by atoms with Crippen LogP contribution in [0.4, 0.5) is 0 Å². The van der Waals surface area contributed by atoms with E-state index < -0.39 is 16.9 Å². The van der Waals surface area contributed by atoms with E-state index in [0.29, 0.717) is 19.8 Å². The van der Waals surface area contributed by atoms with Crippen molar-refractivity contribution in [3.63, 3.8) is 0 Å². The van der Waals surface area contributed by atoms with Gasteiger partial charge in [0, 0.05) is 25.9 Å². The molecule has 0 aromatic heterocycles. The highest BCUT2D eigenvalue weighted by Gasteiger charge is 2.42. The zero-order chi connectivity index (χ0) is 15.8. The van der Waals surface area contributed by atoms with Crippen molar-refractivity contribution in [1.82, 2.24) is 0 Å². The molecule has 3 nitrogen and oxygen atoms in total. The van der Waals surface area contributed by atoms with Crippen LogP contribution in [0.15, 0.2) is 30.3 Å². The van der Waals surface area contributed by atoms with E-state index in [4.69, 9.17) is 13.3 Å². The van der Waals surface area contributed by atoms with Gasteiger partial charge >= 0.3 is 8.80 Å². The first-order chi connectivity index (χ1) is 9.99. The van der Waals surface area contributed by atoms with Gasteiger partial charge in [-0.25, -0.2) is 0 Å². The molecule has 0 unspecified atom stereocenters. The van der Waals surface area contributed by atoms with E-state index in [-0.39, 0.29) is 0 Å². The van der Waals surface area contributed by atoms with Gasteiger partial charge in [-0.05, 0) is 26.8 Å². The largest absolute Gasteiger partial charge is 0.500 e. The molecule has 1 aromatic rings. The van der Waals surface area contributed by atoms with E-state index in [9.17, 15) is 0 Å². The van der Waals surface area contributed by atoms with Crippen LogP contribution in [0.2, 0.25) is 25.2 Å². The van der Waals surface area contributed by atoms with Gasteiger partial charge in [-0.1, -0.05) is 48.6 Å². The van der Waals surface area contributed by atoms with E-state index in [1.54, 1.807) is 0 Å². The van der Waals surface area contributed by atoms with Crippen LogP contribution in [0.25, 0.3) is 0 Å². The van der Waals surface area contributed by atoms with Crippen LogP contribution in [0, 0.1) is 0 Å². The van der Waals surface area contributed by atoms with Crippen molar-refractivity contribution in [1.29, 1.82) is 0 Å². The summed E-state index contributed by atoms with van der Waals surface area (Å²) < 4.78 is 17.9. The van der Waals surface area contributed by atoms with Gasteiger partial charge in [0.1, 0.15) is 0 Å². The lowest BCUT2D eigenvalue weighted by molar-refractivity contribution is 0.0725. The fraction of sp³-hybridized carbons (Fsp3) is 0.625. The second-order valence-electron chi connectivity index (χ2n) is 5.73. The Hall–Kier alpha value is -0.466. The lowest BCUT2D eigenvalue weighted by Gasteiger charge is -2.31. The topological polar surface area (TPSA) is 27.7 Å². The van der Waals surface area contributed by atoms with Crippen LogP contribution in [0.3, 0.4) is 0 Å². The van der Waals surface area contributed by atoms with Crippen LogP contribution in [-0.4, -0.2) is 36.7 Å². The van der Waals surface area contributed by atoms with Crippen LogP contribution >= 0.6 is 0 Å². The highest BCUT2D eigenvalue weighted by molar-refractivity contribution is 6.90. The Kier molecular flexibility index (Phi) is 7.83. The first-order valence-electron chi connectivity index (χ1n) is 7.97. The Bertz CT molecular complexity index is 379. The molecule has 21 heavy (non-hydrogen) atoms. The van der Waals surface area contributed by atoms with E-state index in [1.807, 2.05) is 20.8 Å². The van der Waals surface area contributed by atoms with Crippen LogP contribution < -0.4 is 5.19 Å². The quantitative estimate of drug-likeness (QED) is 0.614. The Morgan fingerprint density at radius 1 is 0.762 bits per heavy atom. The summed E-state index contributed by atoms with van der Waals surface area (Å²) in [5.41, 5.74) is 0. The molecule has 0 atom stereocenters. The molecule has 0 spiro atoms. The van der Waals surface area contributed by atoms with Crippen molar-refractivity contribution in [3.8, 4) is 0 Å². The zero-order valence-corrected chi connectivity index (χ0v) is 16.1. The van der Waals surface area contributed by atoms with E-state index in [0.717, 1.165) is 12.1 Å². The third-order valence-electron chi connectivity index (χ3n) is 3.70. The van der Waals surface area contributed by atoms with Crippen LogP contribution in [0.1, 0.15) is 20.8 Å². The van der Waals surface area contributed by atoms with Gasteiger partial charge in [0.15, 0.2) is 0 Å². The van der Waals surface area contributed by atoms with Crippen LogP contribution in [0.5, 0.6) is 0 Å². The molecule has 0 heterocycles. The molecule has 0 saturated heterocycles. The summed E-state index contributed by atoms with van der Waals surface area (Å²) in [5, 5.41) is 1.48. The standard InChI is InChI=1S/C16H30O3Si2/c1-6-17-21(18-7-2,19-8-3)15-14-20(4,5)16-12-10-9-11-13-16/h9-13H,6-8,14-15H2,1-5H3. The van der Waals surface area contributed by atoms with E-state index in [2.05, 4.69) is 43.4 Å². The Morgan fingerprint density at radius 3 is 1.67 bits per heavy atom. The molecular formula is C16H30O3Si2. The van der Waals surface area contributed by atoms with Gasteiger partial charge in [-0.15, -0.1) is 0 Å². The second-order valence-corrected chi connectivity index (χ2v) is 13.3. The third kappa shape index (κ3) is 5.67. The van der Waals surface area contributed by atoms with Crippen molar-refractivity contribution in [3.05, 3.63) is 30.3 Å². The first-order valence-corrected chi connectivity index (χ1v) is 13.1. The highest BCUT2D eigenvalue weighted by Crippen LogP contribution is 2.23. The summed E-state index contributed by atoms with van der Waals surface area (Å²) in [5.74, 6) is 0. The lowest BCUT2D eigenvalue weighted by Crippen LogP contribution is -2.49. The van der Waals surface area contributed by atoms with Gasteiger partial charge < -0.3 is 13.3 Å². The Labute approximate surface area is 132 Å². The molecule has 0 N–H and O–H groups in total. The van der Waals surface area contributed by atoms with Crippen LogP contribution in [-0.2, 0) is 13.3 Å². The molecule has 0 amide bonds.